The molecule has 0 bridgehead atoms. The van der Waals surface area contributed by atoms with Gasteiger partial charge < -0.3 is 10.6 Å². The molecule has 0 amide bonds. The predicted molar refractivity (Wildman–Crippen MR) is 80.9 cm³/mol. The summed E-state index contributed by atoms with van der Waals surface area (Å²) in [5.41, 5.74) is 4.41. The van der Waals surface area contributed by atoms with Crippen LogP contribution >= 0.6 is 0 Å². The molecule has 3 heteroatoms. The molecule has 0 spiro atoms. The van der Waals surface area contributed by atoms with Crippen LogP contribution < -0.4 is 10.6 Å². The Bertz CT molecular complexity index is 424. The Morgan fingerprint density at radius 2 is 2.00 bits per heavy atom. The highest BCUT2D eigenvalue weighted by Crippen LogP contribution is 2.24. The zero-order chi connectivity index (χ0) is 13.1. The Morgan fingerprint density at radius 3 is 2.84 bits per heavy atom. The molecule has 1 aliphatic carbocycles. The number of aryl methyl sites for hydroxylation is 2. The van der Waals surface area contributed by atoms with E-state index in [1.165, 1.54) is 38.0 Å². The van der Waals surface area contributed by atoms with Gasteiger partial charge in [0, 0.05) is 44.5 Å². The highest BCUT2D eigenvalue weighted by molar-refractivity contribution is 5.50. The highest BCUT2D eigenvalue weighted by atomic mass is 15.2. The van der Waals surface area contributed by atoms with E-state index in [1.807, 2.05) is 0 Å². The van der Waals surface area contributed by atoms with E-state index in [4.69, 9.17) is 0 Å². The topological polar surface area (TPSA) is 27.3 Å². The van der Waals surface area contributed by atoms with Crippen LogP contribution in [0.4, 0.5) is 5.69 Å². The van der Waals surface area contributed by atoms with Crippen LogP contribution in [0.5, 0.6) is 0 Å². The Hall–Kier alpha value is -1.06. The first-order valence-corrected chi connectivity index (χ1v) is 7.63. The van der Waals surface area contributed by atoms with E-state index < -0.39 is 0 Å². The van der Waals surface area contributed by atoms with E-state index in [1.54, 1.807) is 11.1 Å². The van der Waals surface area contributed by atoms with Gasteiger partial charge in [-0.15, -0.1) is 0 Å². The van der Waals surface area contributed by atoms with Crippen LogP contribution in [-0.2, 0) is 12.8 Å². The van der Waals surface area contributed by atoms with Crippen LogP contribution in [-0.4, -0.2) is 43.7 Å². The summed E-state index contributed by atoms with van der Waals surface area (Å²) < 4.78 is 0. The van der Waals surface area contributed by atoms with E-state index in [-0.39, 0.29) is 0 Å². The monoisotopic (exact) mass is 259 g/mol. The molecule has 104 valence electrons. The molecular formula is C16H25N3. The van der Waals surface area contributed by atoms with Gasteiger partial charge in [-0.05, 0) is 49.4 Å². The van der Waals surface area contributed by atoms with Crippen molar-refractivity contribution in [3.05, 3.63) is 29.3 Å². The van der Waals surface area contributed by atoms with Crippen molar-refractivity contribution in [2.45, 2.75) is 32.2 Å². The molecule has 1 aliphatic heterocycles. The van der Waals surface area contributed by atoms with Crippen LogP contribution in [0.3, 0.4) is 0 Å². The average Bonchev–Trinajstić information content (AvgIpc) is 2.93. The Balaban J connectivity index is 1.53. The van der Waals surface area contributed by atoms with Gasteiger partial charge in [0.15, 0.2) is 0 Å². The first-order chi connectivity index (χ1) is 9.33. The third-order valence-electron chi connectivity index (χ3n) is 4.48. The average molecular weight is 259 g/mol. The maximum atomic E-state index is 3.61. The van der Waals surface area contributed by atoms with Gasteiger partial charge >= 0.3 is 0 Å². The number of benzene rings is 1. The molecule has 0 radical (unpaired) electrons. The number of piperazine rings is 1. The number of hydrogen-bond acceptors (Lipinski definition) is 3. The van der Waals surface area contributed by atoms with Gasteiger partial charge in [0.2, 0.25) is 0 Å². The highest BCUT2D eigenvalue weighted by Gasteiger charge is 2.16. The van der Waals surface area contributed by atoms with Crippen LogP contribution in [0.25, 0.3) is 0 Å². The van der Waals surface area contributed by atoms with E-state index >= 15 is 0 Å². The second-order valence-electron chi connectivity index (χ2n) is 5.85. The SMILES string of the molecule is CC(CNc1ccc2c(c1)CCC2)N1CCNCC1. The number of anilines is 1. The van der Waals surface area contributed by atoms with Crippen molar-refractivity contribution in [2.75, 3.05) is 38.0 Å². The lowest BCUT2D eigenvalue weighted by Gasteiger charge is -2.33. The number of fused-ring (bicyclic) bond motifs is 1. The summed E-state index contributed by atoms with van der Waals surface area (Å²) in [6, 6.07) is 7.51. The third-order valence-corrected chi connectivity index (χ3v) is 4.48. The fourth-order valence-electron chi connectivity index (χ4n) is 3.20. The molecule has 1 atom stereocenters. The van der Waals surface area contributed by atoms with E-state index in [0.717, 1.165) is 19.6 Å². The molecule has 1 aromatic rings. The molecule has 2 aliphatic rings. The minimum absolute atomic E-state index is 0.607. The number of nitrogens with one attached hydrogen (secondary N) is 2. The van der Waals surface area contributed by atoms with Gasteiger partial charge in [-0.1, -0.05) is 6.07 Å². The molecule has 1 saturated heterocycles. The number of hydrogen-bond donors (Lipinski definition) is 2. The zero-order valence-electron chi connectivity index (χ0n) is 11.9. The fraction of sp³-hybridized carbons (Fsp3) is 0.625. The largest absolute Gasteiger partial charge is 0.383 e. The number of nitrogens with zero attached hydrogens (tertiary/aromatic N) is 1. The lowest BCUT2D eigenvalue weighted by atomic mass is 10.1. The summed E-state index contributed by atoms with van der Waals surface area (Å²) in [7, 11) is 0. The molecule has 1 aromatic carbocycles. The molecule has 1 heterocycles. The molecule has 0 saturated carbocycles. The van der Waals surface area contributed by atoms with Crippen molar-refractivity contribution in [1.29, 1.82) is 0 Å². The van der Waals surface area contributed by atoms with Crippen LogP contribution in [0.2, 0.25) is 0 Å². The van der Waals surface area contributed by atoms with Crippen molar-refractivity contribution in [1.82, 2.24) is 10.2 Å². The van der Waals surface area contributed by atoms with Gasteiger partial charge in [0.1, 0.15) is 0 Å². The molecule has 19 heavy (non-hydrogen) atoms. The smallest absolute Gasteiger partial charge is 0.0343 e. The second-order valence-corrected chi connectivity index (χ2v) is 5.85. The second kappa shape index (κ2) is 5.93. The lowest BCUT2D eigenvalue weighted by Crippen LogP contribution is -2.49. The van der Waals surface area contributed by atoms with Crippen LogP contribution in [0.1, 0.15) is 24.5 Å². The van der Waals surface area contributed by atoms with E-state index in [0.29, 0.717) is 6.04 Å². The van der Waals surface area contributed by atoms with Gasteiger partial charge in [-0.2, -0.15) is 0 Å². The van der Waals surface area contributed by atoms with Crippen molar-refractivity contribution in [3.8, 4) is 0 Å². The van der Waals surface area contributed by atoms with E-state index in [9.17, 15) is 0 Å². The number of rotatable bonds is 4. The van der Waals surface area contributed by atoms with Crippen molar-refractivity contribution in [2.24, 2.45) is 0 Å². The quantitative estimate of drug-likeness (QED) is 0.864. The molecule has 1 unspecified atom stereocenters. The summed E-state index contributed by atoms with van der Waals surface area (Å²) in [6.07, 6.45) is 3.86. The van der Waals surface area contributed by atoms with Crippen molar-refractivity contribution in [3.63, 3.8) is 0 Å². The van der Waals surface area contributed by atoms with Crippen LogP contribution in [0, 0.1) is 0 Å². The van der Waals surface area contributed by atoms with Gasteiger partial charge in [0.25, 0.3) is 0 Å². The first-order valence-electron chi connectivity index (χ1n) is 7.63. The lowest BCUT2D eigenvalue weighted by molar-refractivity contribution is 0.191. The maximum absolute atomic E-state index is 3.61. The van der Waals surface area contributed by atoms with Gasteiger partial charge in [-0.25, -0.2) is 0 Å². The summed E-state index contributed by atoms with van der Waals surface area (Å²) in [5, 5.41) is 7.02. The zero-order valence-corrected chi connectivity index (χ0v) is 11.9. The molecule has 2 N–H and O–H groups in total. The maximum Gasteiger partial charge on any atom is 0.0343 e. The van der Waals surface area contributed by atoms with Gasteiger partial charge in [0.05, 0.1) is 0 Å². The Kier molecular flexibility index (Phi) is 4.04. The minimum Gasteiger partial charge on any atom is -0.383 e. The first kappa shape index (κ1) is 12.9. The van der Waals surface area contributed by atoms with Crippen molar-refractivity contribution < 1.29 is 0 Å². The summed E-state index contributed by atoms with van der Waals surface area (Å²) in [4.78, 5) is 2.57. The van der Waals surface area contributed by atoms with Crippen molar-refractivity contribution >= 4 is 5.69 Å². The molecule has 0 aromatic heterocycles. The molecule has 1 fully saturated rings. The predicted octanol–water partition coefficient (Wildman–Crippen LogP) is 1.88. The molecule has 3 rings (SSSR count). The standard InChI is InChI=1S/C16H25N3/c1-13(19-9-7-17-8-10-19)12-18-16-6-5-14-3-2-4-15(14)11-16/h5-6,11,13,17-18H,2-4,7-10,12H2,1H3. The summed E-state index contributed by atoms with van der Waals surface area (Å²) >= 11 is 0. The molecular weight excluding hydrogens is 234 g/mol. The Labute approximate surface area is 116 Å². The minimum atomic E-state index is 0.607. The van der Waals surface area contributed by atoms with Crippen LogP contribution in [0.15, 0.2) is 18.2 Å². The summed E-state index contributed by atoms with van der Waals surface area (Å²) in [6.45, 7) is 7.97. The Morgan fingerprint density at radius 1 is 1.21 bits per heavy atom. The normalized spacial score (nSPS) is 21.1. The summed E-state index contributed by atoms with van der Waals surface area (Å²) in [5.74, 6) is 0. The fourth-order valence-corrected chi connectivity index (χ4v) is 3.20. The molecule has 3 nitrogen and oxygen atoms in total. The van der Waals surface area contributed by atoms with E-state index in [2.05, 4.69) is 40.7 Å². The third kappa shape index (κ3) is 3.10. The van der Waals surface area contributed by atoms with Gasteiger partial charge in [-0.3, -0.25) is 4.90 Å².